The molecule has 38 heavy (non-hydrogen) atoms. The van der Waals surface area contributed by atoms with Crippen molar-refractivity contribution in [3.8, 4) is 0 Å². The lowest BCUT2D eigenvalue weighted by molar-refractivity contribution is -0.384. The number of amides is 4. The number of hydrogen-bond acceptors (Lipinski definition) is 6. The molecule has 0 fully saturated rings. The van der Waals surface area contributed by atoms with Gasteiger partial charge in [0.1, 0.15) is 0 Å². The number of nitrogens with zero attached hydrogens (tertiary/aromatic N) is 2. The molecule has 0 saturated carbocycles. The fourth-order valence-electron chi connectivity index (χ4n) is 3.98. The summed E-state index contributed by atoms with van der Waals surface area (Å²) in [6.07, 6.45) is 0. The van der Waals surface area contributed by atoms with Crippen LogP contribution in [0.5, 0.6) is 0 Å². The van der Waals surface area contributed by atoms with Gasteiger partial charge in [-0.15, -0.1) is 0 Å². The van der Waals surface area contributed by atoms with E-state index in [9.17, 15) is 29.3 Å². The summed E-state index contributed by atoms with van der Waals surface area (Å²) in [5.41, 5.74) is 1.96. The number of carbonyl (C=O) groups excluding carboxylic acids is 4. The van der Waals surface area contributed by atoms with Crippen LogP contribution in [0.15, 0.2) is 97.1 Å². The van der Waals surface area contributed by atoms with Crippen LogP contribution in [0.3, 0.4) is 0 Å². The topological polar surface area (TPSA) is 139 Å². The number of benzene rings is 4. The average molecular weight is 506 g/mol. The molecule has 0 radical (unpaired) electrons. The monoisotopic (exact) mass is 506 g/mol. The number of anilines is 3. The summed E-state index contributed by atoms with van der Waals surface area (Å²) in [7, 11) is 0. The van der Waals surface area contributed by atoms with Crippen LogP contribution in [0.1, 0.15) is 41.4 Å². The first-order valence-electron chi connectivity index (χ1n) is 11.4. The minimum Gasteiger partial charge on any atom is -0.322 e. The Balaban J connectivity index is 1.30. The van der Waals surface area contributed by atoms with Gasteiger partial charge in [0.25, 0.3) is 29.3 Å². The summed E-state index contributed by atoms with van der Waals surface area (Å²) in [4.78, 5) is 62.3. The molecule has 0 atom stereocenters. The maximum atomic E-state index is 13.1. The largest absolute Gasteiger partial charge is 0.322 e. The molecule has 0 spiro atoms. The van der Waals surface area contributed by atoms with E-state index in [1.165, 1.54) is 42.5 Å². The van der Waals surface area contributed by atoms with Crippen LogP contribution in [0.4, 0.5) is 22.7 Å². The van der Waals surface area contributed by atoms with Crippen molar-refractivity contribution in [3.63, 3.8) is 0 Å². The molecule has 1 aliphatic rings. The van der Waals surface area contributed by atoms with Gasteiger partial charge in [0.05, 0.1) is 21.7 Å². The third-order valence-electron chi connectivity index (χ3n) is 5.90. The van der Waals surface area contributed by atoms with E-state index in [4.69, 9.17) is 0 Å². The lowest BCUT2D eigenvalue weighted by Crippen LogP contribution is -2.29. The molecule has 4 amide bonds. The zero-order valence-corrected chi connectivity index (χ0v) is 19.6. The molecule has 1 heterocycles. The Morgan fingerprint density at radius 3 is 1.84 bits per heavy atom. The van der Waals surface area contributed by atoms with Gasteiger partial charge in [0.2, 0.25) is 0 Å². The highest BCUT2D eigenvalue weighted by molar-refractivity contribution is 6.34. The highest BCUT2D eigenvalue weighted by atomic mass is 16.6. The number of imide groups is 1. The predicted octanol–water partition coefficient (Wildman–Crippen LogP) is 4.90. The summed E-state index contributed by atoms with van der Waals surface area (Å²) < 4.78 is 0. The van der Waals surface area contributed by atoms with E-state index in [2.05, 4.69) is 10.6 Å². The maximum Gasteiger partial charge on any atom is 0.269 e. The van der Waals surface area contributed by atoms with Gasteiger partial charge in [0, 0.05) is 34.6 Å². The standard InChI is InChI=1S/C28H18N4O6/c33-25(17-4-2-1-3-5-17)29-19-8-13-21(14-9-19)31-27(35)23-15-10-20(16-24(23)28(31)36)30-26(34)18-6-11-22(12-7-18)32(37)38/h1-16H,(H,29,33)(H,30,34). The first-order valence-corrected chi connectivity index (χ1v) is 11.4. The molecule has 0 bridgehead atoms. The van der Waals surface area contributed by atoms with Crippen molar-refractivity contribution >= 4 is 46.4 Å². The summed E-state index contributed by atoms with van der Waals surface area (Å²) in [5.74, 6) is -1.89. The molecular formula is C28H18N4O6. The van der Waals surface area contributed by atoms with E-state index >= 15 is 0 Å². The lowest BCUT2D eigenvalue weighted by Gasteiger charge is -2.14. The van der Waals surface area contributed by atoms with Gasteiger partial charge in [-0.25, -0.2) is 4.90 Å². The Labute approximate surface area is 215 Å². The number of hydrogen-bond donors (Lipinski definition) is 2. The van der Waals surface area contributed by atoms with E-state index in [0.29, 0.717) is 16.9 Å². The SMILES string of the molecule is O=C(Nc1ccc(N2C(=O)c3ccc(NC(=O)c4ccc([N+](=O)[O-])cc4)cc3C2=O)cc1)c1ccccc1. The highest BCUT2D eigenvalue weighted by Crippen LogP contribution is 2.31. The Hall–Kier alpha value is -5.64. The Morgan fingerprint density at radius 1 is 0.658 bits per heavy atom. The molecule has 10 nitrogen and oxygen atoms in total. The van der Waals surface area contributed by atoms with Crippen molar-refractivity contribution in [2.45, 2.75) is 0 Å². The van der Waals surface area contributed by atoms with Gasteiger partial charge in [-0.05, 0) is 66.7 Å². The first-order chi connectivity index (χ1) is 18.3. The fourth-order valence-corrected chi connectivity index (χ4v) is 3.98. The van der Waals surface area contributed by atoms with Crippen LogP contribution >= 0.6 is 0 Å². The van der Waals surface area contributed by atoms with Crippen molar-refractivity contribution in [1.29, 1.82) is 0 Å². The number of fused-ring (bicyclic) bond motifs is 1. The van der Waals surface area contributed by atoms with Crippen LogP contribution in [0, 0.1) is 10.1 Å². The normalized spacial score (nSPS) is 12.2. The zero-order chi connectivity index (χ0) is 26.8. The molecule has 4 aromatic carbocycles. The quantitative estimate of drug-likeness (QED) is 0.217. The van der Waals surface area contributed by atoms with Gasteiger partial charge >= 0.3 is 0 Å². The molecule has 0 unspecified atom stereocenters. The molecular weight excluding hydrogens is 488 g/mol. The molecule has 2 N–H and O–H groups in total. The number of carbonyl (C=O) groups is 4. The molecule has 186 valence electrons. The second kappa shape index (κ2) is 9.78. The van der Waals surface area contributed by atoms with Crippen molar-refractivity contribution in [3.05, 3.63) is 129 Å². The second-order valence-electron chi connectivity index (χ2n) is 8.33. The molecule has 0 aliphatic carbocycles. The Morgan fingerprint density at radius 2 is 1.21 bits per heavy atom. The fraction of sp³-hybridized carbons (Fsp3) is 0. The van der Waals surface area contributed by atoms with Crippen LogP contribution in [0.2, 0.25) is 0 Å². The van der Waals surface area contributed by atoms with E-state index in [1.807, 2.05) is 6.07 Å². The van der Waals surface area contributed by atoms with Gasteiger partial charge < -0.3 is 10.6 Å². The maximum absolute atomic E-state index is 13.1. The van der Waals surface area contributed by atoms with Crippen molar-refractivity contribution in [2.24, 2.45) is 0 Å². The molecule has 4 aromatic rings. The van der Waals surface area contributed by atoms with Gasteiger partial charge in [-0.3, -0.25) is 29.3 Å². The van der Waals surface area contributed by atoms with Gasteiger partial charge in [0.15, 0.2) is 0 Å². The Kier molecular flexibility index (Phi) is 6.20. The second-order valence-corrected chi connectivity index (χ2v) is 8.33. The van der Waals surface area contributed by atoms with Crippen LogP contribution in [-0.4, -0.2) is 28.6 Å². The predicted molar refractivity (Wildman–Crippen MR) is 139 cm³/mol. The molecule has 5 rings (SSSR count). The average Bonchev–Trinajstić information content (AvgIpc) is 3.18. The number of non-ortho nitro benzene ring substituents is 1. The summed E-state index contributed by atoms with van der Waals surface area (Å²) in [5, 5.41) is 16.2. The van der Waals surface area contributed by atoms with Crippen LogP contribution in [-0.2, 0) is 0 Å². The van der Waals surface area contributed by atoms with Crippen molar-refractivity contribution in [1.82, 2.24) is 0 Å². The first kappa shape index (κ1) is 24.1. The number of rotatable bonds is 6. The summed E-state index contributed by atoms with van der Waals surface area (Å²) in [6.45, 7) is 0. The lowest BCUT2D eigenvalue weighted by atomic mass is 10.1. The minimum atomic E-state index is -0.565. The van der Waals surface area contributed by atoms with E-state index < -0.39 is 22.6 Å². The van der Waals surface area contributed by atoms with Crippen molar-refractivity contribution < 1.29 is 24.1 Å². The zero-order valence-electron chi connectivity index (χ0n) is 19.6. The number of nitro benzene ring substituents is 1. The van der Waals surface area contributed by atoms with Crippen molar-refractivity contribution in [2.75, 3.05) is 15.5 Å². The molecule has 10 heteroatoms. The van der Waals surface area contributed by atoms with E-state index in [-0.39, 0.29) is 34.0 Å². The Bertz CT molecular complexity index is 1600. The van der Waals surface area contributed by atoms with Gasteiger partial charge in [-0.1, -0.05) is 18.2 Å². The minimum absolute atomic E-state index is 0.123. The van der Waals surface area contributed by atoms with Crippen LogP contribution < -0.4 is 15.5 Å². The summed E-state index contributed by atoms with van der Waals surface area (Å²) in [6, 6.07) is 24.4. The molecule has 0 aromatic heterocycles. The third kappa shape index (κ3) is 4.61. The van der Waals surface area contributed by atoms with Crippen LogP contribution in [0.25, 0.3) is 0 Å². The number of nitrogens with one attached hydrogen (secondary N) is 2. The van der Waals surface area contributed by atoms with E-state index in [1.54, 1.807) is 48.5 Å². The van der Waals surface area contributed by atoms with Gasteiger partial charge in [-0.2, -0.15) is 0 Å². The smallest absolute Gasteiger partial charge is 0.269 e. The third-order valence-corrected chi connectivity index (χ3v) is 5.90. The molecule has 1 aliphatic heterocycles. The van der Waals surface area contributed by atoms with E-state index in [0.717, 1.165) is 4.90 Å². The highest BCUT2D eigenvalue weighted by Gasteiger charge is 2.37. The molecule has 0 saturated heterocycles. The summed E-state index contributed by atoms with van der Waals surface area (Å²) >= 11 is 0. The number of nitro groups is 1.